The molecule has 106 valence electrons. The molecule has 0 aliphatic heterocycles. The van der Waals surface area contributed by atoms with E-state index < -0.39 is 0 Å². The molecule has 0 saturated carbocycles. The van der Waals surface area contributed by atoms with Crippen LogP contribution in [0, 0.1) is 5.92 Å². The largest absolute Gasteiger partial charge is 0.396 e. The average molecular weight is 351 g/mol. The maximum atomic E-state index is 9.52. The van der Waals surface area contributed by atoms with E-state index in [-0.39, 0.29) is 6.61 Å². The first-order valence-corrected chi connectivity index (χ1v) is 8.59. The van der Waals surface area contributed by atoms with E-state index in [0.717, 1.165) is 23.1 Å². The Hall–Kier alpha value is -0.770. The van der Waals surface area contributed by atoms with Gasteiger partial charge in [0.2, 0.25) is 0 Å². The molecule has 0 radical (unpaired) electrons. The van der Waals surface area contributed by atoms with E-state index in [0.29, 0.717) is 5.92 Å². The van der Waals surface area contributed by atoms with Gasteiger partial charge >= 0.3 is 0 Å². The molecule has 1 N–H and O–H groups in total. The number of hydrogen-bond donors (Lipinski definition) is 1. The van der Waals surface area contributed by atoms with Crippen molar-refractivity contribution in [3.05, 3.63) is 64.6 Å². The highest BCUT2D eigenvalue weighted by Crippen LogP contribution is 2.22. The lowest BCUT2D eigenvalue weighted by molar-refractivity contribution is 0.223. The summed E-state index contributed by atoms with van der Waals surface area (Å²) in [6, 6.07) is 18.8. The first-order valence-electron chi connectivity index (χ1n) is 6.81. The van der Waals surface area contributed by atoms with Crippen LogP contribution in [0.25, 0.3) is 0 Å². The van der Waals surface area contributed by atoms with Crippen molar-refractivity contribution >= 4 is 27.7 Å². The fourth-order valence-corrected chi connectivity index (χ4v) is 3.37. The topological polar surface area (TPSA) is 20.2 Å². The van der Waals surface area contributed by atoms with Gasteiger partial charge in [-0.25, -0.2) is 0 Å². The van der Waals surface area contributed by atoms with E-state index in [2.05, 4.69) is 64.5 Å². The molecule has 1 atom stereocenters. The van der Waals surface area contributed by atoms with Crippen LogP contribution in [0.2, 0.25) is 0 Å². The third-order valence-electron chi connectivity index (χ3n) is 3.23. The standard InChI is InChI=1S/C17H19BrOS/c18-16-8-6-14(7-9-16)12-15(13-19)10-11-20-17-4-2-1-3-5-17/h1-9,15,19H,10-13H2. The summed E-state index contributed by atoms with van der Waals surface area (Å²) in [4.78, 5) is 1.30. The van der Waals surface area contributed by atoms with Crippen LogP contribution < -0.4 is 0 Å². The van der Waals surface area contributed by atoms with Crippen LogP contribution in [-0.4, -0.2) is 17.5 Å². The van der Waals surface area contributed by atoms with Gasteiger partial charge in [-0.2, -0.15) is 0 Å². The molecule has 0 aliphatic rings. The molecular weight excluding hydrogens is 332 g/mol. The Kier molecular flexibility index (Phi) is 6.64. The van der Waals surface area contributed by atoms with E-state index in [1.54, 1.807) is 0 Å². The fraction of sp³-hybridized carbons (Fsp3) is 0.294. The molecule has 20 heavy (non-hydrogen) atoms. The number of thioether (sulfide) groups is 1. The molecule has 3 heteroatoms. The van der Waals surface area contributed by atoms with Crippen LogP contribution in [0.15, 0.2) is 64.0 Å². The number of benzene rings is 2. The Morgan fingerprint density at radius 2 is 1.70 bits per heavy atom. The third-order valence-corrected chi connectivity index (χ3v) is 4.81. The lowest BCUT2D eigenvalue weighted by Gasteiger charge is -2.14. The first-order chi connectivity index (χ1) is 9.78. The number of halogens is 1. The maximum Gasteiger partial charge on any atom is 0.0462 e. The second kappa shape index (κ2) is 8.50. The Bertz CT molecular complexity index is 498. The smallest absolute Gasteiger partial charge is 0.0462 e. The van der Waals surface area contributed by atoms with Gasteiger partial charge in [0, 0.05) is 16.0 Å². The average Bonchev–Trinajstić information content (AvgIpc) is 2.49. The zero-order chi connectivity index (χ0) is 14.2. The number of hydrogen-bond acceptors (Lipinski definition) is 2. The van der Waals surface area contributed by atoms with Crippen molar-refractivity contribution in [1.82, 2.24) is 0 Å². The summed E-state index contributed by atoms with van der Waals surface area (Å²) < 4.78 is 1.10. The quantitative estimate of drug-likeness (QED) is 0.725. The van der Waals surface area contributed by atoms with Gasteiger partial charge in [0.25, 0.3) is 0 Å². The van der Waals surface area contributed by atoms with Crippen molar-refractivity contribution in [2.45, 2.75) is 17.7 Å². The number of aliphatic hydroxyl groups is 1. The second-order valence-corrected chi connectivity index (χ2v) is 6.91. The van der Waals surface area contributed by atoms with Gasteiger partial charge in [-0.05, 0) is 54.3 Å². The molecular formula is C17H19BrOS. The predicted molar refractivity (Wildman–Crippen MR) is 90.2 cm³/mol. The monoisotopic (exact) mass is 350 g/mol. The van der Waals surface area contributed by atoms with Crippen molar-refractivity contribution in [3.8, 4) is 0 Å². The second-order valence-electron chi connectivity index (χ2n) is 4.83. The zero-order valence-electron chi connectivity index (χ0n) is 11.3. The SMILES string of the molecule is OCC(CCSc1ccccc1)Cc1ccc(Br)cc1. The minimum Gasteiger partial charge on any atom is -0.396 e. The summed E-state index contributed by atoms with van der Waals surface area (Å²) in [7, 11) is 0. The van der Waals surface area contributed by atoms with Gasteiger partial charge in [0.1, 0.15) is 0 Å². The molecule has 2 aromatic rings. The fourth-order valence-electron chi connectivity index (χ4n) is 2.07. The zero-order valence-corrected chi connectivity index (χ0v) is 13.7. The van der Waals surface area contributed by atoms with Gasteiger partial charge in [-0.3, -0.25) is 0 Å². The minimum absolute atomic E-state index is 0.255. The van der Waals surface area contributed by atoms with Crippen LogP contribution >= 0.6 is 27.7 Å². The van der Waals surface area contributed by atoms with Crippen molar-refractivity contribution in [2.24, 2.45) is 5.92 Å². The van der Waals surface area contributed by atoms with E-state index in [1.807, 2.05) is 17.8 Å². The highest BCUT2D eigenvalue weighted by atomic mass is 79.9. The minimum atomic E-state index is 0.255. The van der Waals surface area contributed by atoms with Gasteiger partial charge < -0.3 is 5.11 Å². The molecule has 1 unspecified atom stereocenters. The highest BCUT2D eigenvalue weighted by Gasteiger charge is 2.09. The lowest BCUT2D eigenvalue weighted by Crippen LogP contribution is -2.10. The van der Waals surface area contributed by atoms with Crippen molar-refractivity contribution < 1.29 is 5.11 Å². The number of aliphatic hydroxyl groups excluding tert-OH is 1. The first kappa shape index (κ1) is 15.6. The summed E-state index contributed by atoms with van der Waals surface area (Å²) in [5.74, 6) is 1.39. The van der Waals surface area contributed by atoms with Crippen LogP contribution in [0.5, 0.6) is 0 Å². The van der Waals surface area contributed by atoms with Crippen LogP contribution in [0.1, 0.15) is 12.0 Å². The third kappa shape index (κ3) is 5.31. The molecule has 0 spiro atoms. The maximum absolute atomic E-state index is 9.52. The molecule has 0 bridgehead atoms. The summed E-state index contributed by atoms with van der Waals surface area (Å²) in [6.45, 7) is 0.255. The van der Waals surface area contributed by atoms with Gasteiger partial charge in [0.15, 0.2) is 0 Å². The molecule has 2 rings (SSSR count). The molecule has 2 aromatic carbocycles. The van der Waals surface area contributed by atoms with Crippen molar-refractivity contribution in [2.75, 3.05) is 12.4 Å². The highest BCUT2D eigenvalue weighted by molar-refractivity contribution is 9.10. The summed E-state index contributed by atoms with van der Waals surface area (Å²) >= 11 is 5.30. The Balaban J connectivity index is 1.79. The van der Waals surface area contributed by atoms with Gasteiger partial charge in [0.05, 0.1) is 0 Å². The summed E-state index contributed by atoms with van der Waals surface area (Å²) in [6.07, 6.45) is 1.98. The Labute approximate surface area is 133 Å². The van der Waals surface area contributed by atoms with Gasteiger partial charge in [-0.1, -0.05) is 46.3 Å². The van der Waals surface area contributed by atoms with E-state index in [4.69, 9.17) is 0 Å². The molecule has 0 heterocycles. The van der Waals surface area contributed by atoms with Crippen molar-refractivity contribution in [1.29, 1.82) is 0 Å². The molecule has 0 saturated heterocycles. The molecule has 0 fully saturated rings. The predicted octanol–water partition coefficient (Wildman–Crippen LogP) is 4.78. The normalized spacial score (nSPS) is 12.3. The Morgan fingerprint density at radius 1 is 1.00 bits per heavy atom. The van der Waals surface area contributed by atoms with Gasteiger partial charge in [-0.15, -0.1) is 11.8 Å². The van der Waals surface area contributed by atoms with Crippen molar-refractivity contribution in [3.63, 3.8) is 0 Å². The molecule has 1 nitrogen and oxygen atoms in total. The Morgan fingerprint density at radius 3 is 2.35 bits per heavy atom. The van der Waals surface area contributed by atoms with Crippen LogP contribution in [0.3, 0.4) is 0 Å². The number of rotatable bonds is 7. The van der Waals surface area contributed by atoms with E-state index in [9.17, 15) is 5.11 Å². The van der Waals surface area contributed by atoms with Crippen LogP contribution in [0.4, 0.5) is 0 Å². The van der Waals surface area contributed by atoms with E-state index in [1.165, 1.54) is 10.5 Å². The summed E-state index contributed by atoms with van der Waals surface area (Å²) in [5, 5.41) is 9.52. The van der Waals surface area contributed by atoms with E-state index >= 15 is 0 Å². The van der Waals surface area contributed by atoms with Crippen LogP contribution in [-0.2, 0) is 6.42 Å². The molecule has 0 amide bonds. The lowest BCUT2D eigenvalue weighted by atomic mass is 9.98. The molecule has 0 aromatic heterocycles. The summed E-state index contributed by atoms with van der Waals surface area (Å²) in [5.41, 5.74) is 1.29. The molecule has 0 aliphatic carbocycles.